The molecule has 5 nitrogen and oxygen atoms in total. The lowest BCUT2D eigenvalue weighted by molar-refractivity contribution is 0.0690. The fourth-order valence-electron chi connectivity index (χ4n) is 1.66. The molecular formula is C12H13N3O2. The maximum Gasteiger partial charge on any atom is 0.356 e. The molecule has 1 aromatic carbocycles. The van der Waals surface area contributed by atoms with Crippen molar-refractivity contribution in [3.63, 3.8) is 0 Å². The second-order valence-corrected chi connectivity index (χ2v) is 3.79. The second-order valence-electron chi connectivity index (χ2n) is 3.79. The third-order valence-electron chi connectivity index (χ3n) is 2.48. The zero-order valence-corrected chi connectivity index (χ0v) is 9.40. The highest BCUT2D eigenvalue weighted by Crippen LogP contribution is 2.19. The Morgan fingerprint density at radius 2 is 2.29 bits per heavy atom. The van der Waals surface area contributed by atoms with Crippen molar-refractivity contribution < 1.29 is 9.90 Å². The van der Waals surface area contributed by atoms with E-state index in [4.69, 9.17) is 10.8 Å². The van der Waals surface area contributed by atoms with Crippen molar-refractivity contribution in [3.05, 3.63) is 41.2 Å². The number of imidazole rings is 1. The number of carboxylic acids is 1. The fraction of sp³-hybridized carbons (Fsp3) is 0.167. The summed E-state index contributed by atoms with van der Waals surface area (Å²) in [6.07, 6.45) is 0. The van der Waals surface area contributed by atoms with Crippen LogP contribution in [0.3, 0.4) is 0 Å². The van der Waals surface area contributed by atoms with Gasteiger partial charge in [-0.05, 0) is 13.0 Å². The minimum Gasteiger partial charge on any atom is -0.476 e. The third-order valence-corrected chi connectivity index (χ3v) is 2.48. The molecule has 88 valence electrons. The highest BCUT2D eigenvalue weighted by molar-refractivity contribution is 5.87. The normalized spacial score (nSPS) is 10.5. The summed E-state index contributed by atoms with van der Waals surface area (Å²) in [6, 6.07) is 7.67. The van der Waals surface area contributed by atoms with E-state index in [1.165, 1.54) is 0 Å². The van der Waals surface area contributed by atoms with E-state index in [1.807, 2.05) is 31.2 Å². The Labute approximate surface area is 98.3 Å². The van der Waals surface area contributed by atoms with Crippen molar-refractivity contribution in [3.8, 4) is 11.4 Å². The lowest BCUT2D eigenvalue weighted by Gasteiger charge is -1.97. The van der Waals surface area contributed by atoms with Crippen LogP contribution in [-0.2, 0) is 6.54 Å². The largest absolute Gasteiger partial charge is 0.476 e. The Kier molecular flexibility index (Phi) is 2.93. The van der Waals surface area contributed by atoms with Crippen LogP contribution in [0, 0.1) is 6.92 Å². The maximum absolute atomic E-state index is 11.0. The molecule has 0 aliphatic carbocycles. The molecule has 0 saturated heterocycles. The number of rotatable bonds is 3. The number of aromatic nitrogens is 2. The molecule has 17 heavy (non-hydrogen) atoms. The lowest BCUT2D eigenvalue weighted by atomic mass is 10.1. The van der Waals surface area contributed by atoms with E-state index >= 15 is 0 Å². The van der Waals surface area contributed by atoms with Gasteiger partial charge in [-0.15, -0.1) is 0 Å². The van der Waals surface area contributed by atoms with E-state index in [1.54, 1.807) is 0 Å². The van der Waals surface area contributed by atoms with E-state index in [0.29, 0.717) is 11.5 Å². The average molecular weight is 231 g/mol. The van der Waals surface area contributed by atoms with Crippen LogP contribution in [0.5, 0.6) is 0 Å². The number of nitrogens with zero attached hydrogens (tertiary/aromatic N) is 1. The predicted octanol–water partition coefficient (Wildman–Crippen LogP) is 1.54. The summed E-state index contributed by atoms with van der Waals surface area (Å²) < 4.78 is 0. The highest BCUT2D eigenvalue weighted by atomic mass is 16.4. The van der Waals surface area contributed by atoms with Crippen LogP contribution in [0.4, 0.5) is 0 Å². The first-order valence-electron chi connectivity index (χ1n) is 5.21. The fourth-order valence-corrected chi connectivity index (χ4v) is 1.66. The Bertz CT molecular complexity index is 561. The topological polar surface area (TPSA) is 92.0 Å². The van der Waals surface area contributed by atoms with Crippen LogP contribution in [0.2, 0.25) is 0 Å². The number of carboxylic acid groups (broad SMARTS) is 1. The molecule has 0 saturated carbocycles. The van der Waals surface area contributed by atoms with Crippen LogP contribution in [0.15, 0.2) is 24.3 Å². The van der Waals surface area contributed by atoms with Gasteiger partial charge in [0.2, 0.25) is 0 Å². The van der Waals surface area contributed by atoms with E-state index in [9.17, 15) is 4.79 Å². The molecule has 0 spiro atoms. The Morgan fingerprint density at radius 3 is 2.82 bits per heavy atom. The van der Waals surface area contributed by atoms with Gasteiger partial charge in [0.1, 0.15) is 5.82 Å². The number of aromatic carboxylic acids is 1. The summed E-state index contributed by atoms with van der Waals surface area (Å²) in [4.78, 5) is 18.0. The molecular weight excluding hydrogens is 218 g/mol. The smallest absolute Gasteiger partial charge is 0.356 e. The summed E-state index contributed by atoms with van der Waals surface area (Å²) in [5.74, 6) is -0.535. The lowest BCUT2D eigenvalue weighted by Crippen LogP contribution is -2.06. The van der Waals surface area contributed by atoms with Gasteiger partial charge < -0.3 is 15.8 Å². The van der Waals surface area contributed by atoms with Crippen LogP contribution in [-0.4, -0.2) is 21.0 Å². The summed E-state index contributed by atoms with van der Waals surface area (Å²) in [5, 5.41) is 8.97. The number of nitrogens with one attached hydrogen (secondary N) is 1. The van der Waals surface area contributed by atoms with E-state index < -0.39 is 5.97 Å². The SMILES string of the molecule is Cc1cccc(-c2nc(C(=O)O)c(CN)[nH]2)c1. The number of hydrogen-bond donors (Lipinski definition) is 3. The van der Waals surface area contributed by atoms with Gasteiger partial charge >= 0.3 is 5.97 Å². The summed E-state index contributed by atoms with van der Waals surface area (Å²) in [5.41, 5.74) is 7.85. The van der Waals surface area contributed by atoms with Crippen molar-refractivity contribution in [2.75, 3.05) is 0 Å². The number of aromatic amines is 1. The zero-order chi connectivity index (χ0) is 12.4. The van der Waals surface area contributed by atoms with Gasteiger partial charge in [-0.3, -0.25) is 0 Å². The number of H-pyrrole nitrogens is 1. The molecule has 1 heterocycles. The molecule has 0 aliphatic rings. The van der Waals surface area contributed by atoms with Crippen molar-refractivity contribution in [1.82, 2.24) is 9.97 Å². The van der Waals surface area contributed by atoms with Gasteiger partial charge in [-0.25, -0.2) is 9.78 Å². The average Bonchev–Trinajstić information content (AvgIpc) is 2.73. The molecule has 4 N–H and O–H groups in total. The molecule has 5 heteroatoms. The highest BCUT2D eigenvalue weighted by Gasteiger charge is 2.16. The van der Waals surface area contributed by atoms with Crippen LogP contribution in [0.25, 0.3) is 11.4 Å². The Balaban J connectivity index is 2.50. The standard InChI is InChI=1S/C12H13N3O2/c1-7-3-2-4-8(5-7)11-14-9(6-13)10(15-11)12(16)17/h2-5H,6,13H2,1H3,(H,14,15)(H,16,17). The number of aryl methyl sites for hydroxylation is 1. The molecule has 0 bridgehead atoms. The molecule has 0 fully saturated rings. The minimum absolute atomic E-state index is 0.0102. The molecule has 0 aliphatic heterocycles. The quantitative estimate of drug-likeness (QED) is 0.747. The Morgan fingerprint density at radius 1 is 1.53 bits per heavy atom. The molecule has 0 radical (unpaired) electrons. The summed E-state index contributed by atoms with van der Waals surface area (Å²) in [6.45, 7) is 2.09. The first-order valence-corrected chi connectivity index (χ1v) is 5.21. The van der Waals surface area contributed by atoms with E-state index in [0.717, 1.165) is 11.1 Å². The molecule has 0 unspecified atom stereocenters. The van der Waals surface area contributed by atoms with Gasteiger partial charge in [-0.2, -0.15) is 0 Å². The van der Waals surface area contributed by atoms with Crippen molar-refractivity contribution >= 4 is 5.97 Å². The number of nitrogens with two attached hydrogens (primary N) is 1. The second kappa shape index (κ2) is 4.39. The monoisotopic (exact) mass is 231 g/mol. The van der Waals surface area contributed by atoms with Gasteiger partial charge in [0.05, 0.1) is 5.69 Å². The minimum atomic E-state index is -1.07. The zero-order valence-electron chi connectivity index (χ0n) is 9.40. The first kappa shape index (κ1) is 11.3. The summed E-state index contributed by atoms with van der Waals surface area (Å²) >= 11 is 0. The van der Waals surface area contributed by atoms with Gasteiger partial charge in [0.15, 0.2) is 5.69 Å². The number of carbonyl (C=O) groups is 1. The van der Waals surface area contributed by atoms with Crippen molar-refractivity contribution in [2.24, 2.45) is 5.73 Å². The third kappa shape index (κ3) is 2.19. The van der Waals surface area contributed by atoms with E-state index in [-0.39, 0.29) is 12.2 Å². The van der Waals surface area contributed by atoms with Crippen LogP contribution >= 0.6 is 0 Å². The predicted molar refractivity (Wildman–Crippen MR) is 63.6 cm³/mol. The molecule has 2 aromatic rings. The van der Waals surface area contributed by atoms with Gasteiger partial charge in [0, 0.05) is 12.1 Å². The summed E-state index contributed by atoms with van der Waals surface area (Å²) in [7, 11) is 0. The molecule has 2 rings (SSSR count). The van der Waals surface area contributed by atoms with E-state index in [2.05, 4.69) is 9.97 Å². The van der Waals surface area contributed by atoms with Crippen LogP contribution < -0.4 is 5.73 Å². The number of benzene rings is 1. The Hall–Kier alpha value is -2.14. The van der Waals surface area contributed by atoms with Gasteiger partial charge in [-0.1, -0.05) is 23.8 Å². The molecule has 0 amide bonds. The van der Waals surface area contributed by atoms with Crippen molar-refractivity contribution in [2.45, 2.75) is 13.5 Å². The van der Waals surface area contributed by atoms with Crippen molar-refractivity contribution in [1.29, 1.82) is 0 Å². The van der Waals surface area contributed by atoms with Gasteiger partial charge in [0.25, 0.3) is 0 Å². The maximum atomic E-state index is 11.0. The number of hydrogen-bond acceptors (Lipinski definition) is 3. The molecule has 0 atom stereocenters. The van der Waals surface area contributed by atoms with Crippen LogP contribution in [0.1, 0.15) is 21.7 Å². The first-order chi connectivity index (χ1) is 8.11. The molecule has 1 aromatic heterocycles.